The summed E-state index contributed by atoms with van der Waals surface area (Å²) < 4.78 is 1.12. The average Bonchev–Trinajstić information content (AvgIpc) is 2.35. The van der Waals surface area contributed by atoms with Crippen LogP contribution in [0.25, 0.3) is 0 Å². The quantitative estimate of drug-likeness (QED) is 0.683. The minimum Gasteiger partial charge on any atom is -0.261 e. The molecule has 1 aromatic carbocycles. The van der Waals surface area contributed by atoms with Gasteiger partial charge < -0.3 is 0 Å². The Hall–Kier alpha value is -0.670. The van der Waals surface area contributed by atoms with E-state index in [9.17, 15) is 0 Å². The van der Waals surface area contributed by atoms with Crippen molar-refractivity contribution in [2.45, 2.75) is 25.1 Å². The number of halogens is 2. The molecule has 2 rings (SSSR count). The molecule has 0 saturated heterocycles. The molecule has 1 nitrogen and oxygen atoms in total. The number of benzene rings is 1. The van der Waals surface area contributed by atoms with Gasteiger partial charge in [0.05, 0.1) is 0 Å². The van der Waals surface area contributed by atoms with Crippen molar-refractivity contribution in [2.24, 2.45) is 0 Å². The highest BCUT2D eigenvalue weighted by Crippen LogP contribution is 2.31. The van der Waals surface area contributed by atoms with Gasteiger partial charge in [0, 0.05) is 27.6 Å². The molecule has 0 aliphatic rings. The van der Waals surface area contributed by atoms with Crippen LogP contribution in [-0.4, -0.2) is 4.98 Å². The minimum atomic E-state index is 0.296. The number of aromatic nitrogens is 1. The van der Waals surface area contributed by atoms with Gasteiger partial charge in [0.2, 0.25) is 0 Å². The van der Waals surface area contributed by atoms with Crippen molar-refractivity contribution < 1.29 is 0 Å². The first-order valence-corrected chi connectivity index (χ1v) is 7.59. The molecule has 1 aromatic heterocycles. The Morgan fingerprint density at radius 3 is 2.61 bits per heavy atom. The monoisotopic (exact) mass is 367 g/mol. The molecule has 1 heterocycles. The summed E-state index contributed by atoms with van der Waals surface area (Å²) in [5.74, 6) is 0. The van der Waals surface area contributed by atoms with Gasteiger partial charge in [0.1, 0.15) is 0 Å². The molecule has 0 aliphatic heterocycles. The van der Waals surface area contributed by atoms with E-state index in [1.807, 2.05) is 6.20 Å². The van der Waals surface area contributed by atoms with Crippen LogP contribution in [0.4, 0.5) is 0 Å². The third-order valence-corrected chi connectivity index (χ3v) is 4.25. The predicted molar refractivity (Wildman–Crippen MR) is 83.2 cm³/mol. The highest BCUT2D eigenvalue weighted by Gasteiger charge is 2.12. The summed E-state index contributed by atoms with van der Waals surface area (Å²) in [6, 6.07) is 10.6. The summed E-state index contributed by atoms with van der Waals surface area (Å²) in [5, 5.41) is 0. The number of alkyl halides is 1. The summed E-state index contributed by atoms with van der Waals surface area (Å²) in [6.07, 6.45) is 2.82. The molecule has 0 spiro atoms. The van der Waals surface area contributed by atoms with Gasteiger partial charge in [-0.3, -0.25) is 4.98 Å². The van der Waals surface area contributed by atoms with Gasteiger partial charge >= 0.3 is 0 Å². The molecule has 1 unspecified atom stereocenters. The van der Waals surface area contributed by atoms with Gasteiger partial charge in [-0.05, 0) is 48.7 Å². The first-order chi connectivity index (χ1) is 8.56. The highest BCUT2D eigenvalue weighted by atomic mass is 79.9. The Morgan fingerprint density at radius 2 is 1.94 bits per heavy atom. The van der Waals surface area contributed by atoms with Crippen molar-refractivity contribution in [1.82, 2.24) is 4.98 Å². The van der Waals surface area contributed by atoms with Crippen molar-refractivity contribution in [1.29, 1.82) is 0 Å². The van der Waals surface area contributed by atoms with E-state index in [0.717, 1.165) is 16.6 Å². The van der Waals surface area contributed by atoms with Crippen molar-refractivity contribution in [2.75, 3.05) is 0 Å². The maximum Gasteiger partial charge on any atom is 0.0453 e. The number of rotatable bonds is 3. The maximum atomic E-state index is 4.45. The van der Waals surface area contributed by atoms with Crippen LogP contribution in [0.15, 0.2) is 41.0 Å². The molecule has 0 fully saturated rings. The summed E-state index contributed by atoms with van der Waals surface area (Å²) in [5.41, 5.74) is 4.92. The smallest absolute Gasteiger partial charge is 0.0453 e. The summed E-state index contributed by atoms with van der Waals surface area (Å²) in [7, 11) is 0. The van der Waals surface area contributed by atoms with Gasteiger partial charge in [0.25, 0.3) is 0 Å². The molecule has 3 heteroatoms. The Morgan fingerprint density at radius 1 is 1.17 bits per heavy atom. The minimum absolute atomic E-state index is 0.296. The van der Waals surface area contributed by atoms with E-state index in [1.165, 1.54) is 16.7 Å². The van der Waals surface area contributed by atoms with E-state index in [-0.39, 0.29) is 0 Å². The summed E-state index contributed by atoms with van der Waals surface area (Å²) >= 11 is 7.29. The zero-order chi connectivity index (χ0) is 13.1. The van der Waals surface area contributed by atoms with Gasteiger partial charge in [0.15, 0.2) is 0 Å². The van der Waals surface area contributed by atoms with Crippen LogP contribution in [0.2, 0.25) is 0 Å². The topological polar surface area (TPSA) is 12.9 Å². The predicted octanol–water partition coefficient (Wildman–Crippen LogP) is 5.14. The molecular formula is C15H15Br2N. The second-order valence-electron chi connectivity index (χ2n) is 4.50. The van der Waals surface area contributed by atoms with E-state index < -0.39 is 0 Å². The second-order valence-corrected chi connectivity index (χ2v) is 6.52. The lowest BCUT2D eigenvalue weighted by atomic mass is 10.0. The lowest BCUT2D eigenvalue weighted by molar-refractivity contribution is 0.894. The Balaban J connectivity index is 2.18. The number of nitrogens with zero attached hydrogens (tertiary/aromatic N) is 1. The van der Waals surface area contributed by atoms with E-state index in [0.29, 0.717) is 4.83 Å². The first-order valence-electron chi connectivity index (χ1n) is 5.88. The fraction of sp³-hybridized carbons (Fsp3) is 0.267. The molecule has 2 aromatic rings. The molecule has 0 radical (unpaired) electrons. The van der Waals surface area contributed by atoms with Crippen molar-refractivity contribution >= 4 is 31.9 Å². The van der Waals surface area contributed by atoms with Gasteiger partial charge in [-0.15, -0.1) is 0 Å². The fourth-order valence-electron chi connectivity index (χ4n) is 1.86. The second kappa shape index (κ2) is 5.98. The van der Waals surface area contributed by atoms with Gasteiger partial charge in [-0.1, -0.05) is 44.0 Å². The van der Waals surface area contributed by atoms with Crippen LogP contribution in [0.1, 0.15) is 27.2 Å². The molecule has 18 heavy (non-hydrogen) atoms. The van der Waals surface area contributed by atoms with Crippen LogP contribution in [-0.2, 0) is 6.42 Å². The van der Waals surface area contributed by atoms with Crippen LogP contribution < -0.4 is 0 Å². The van der Waals surface area contributed by atoms with Crippen molar-refractivity contribution in [3.05, 3.63) is 63.4 Å². The van der Waals surface area contributed by atoms with E-state index in [4.69, 9.17) is 0 Å². The Labute approximate surface area is 125 Å². The number of pyridine rings is 1. The SMILES string of the molecule is Cc1ccc(CC(Br)c2cc(Br)ccc2C)nc1. The number of hydrogen-bond acceptors (Lipinski definition) is 1. The lowest BCUT2D eigenvalue weighted by Gasteiger charge is -2.13. The Bertz CT molecular complexity index is 535. The molecular weight excluding hydrogens is 354 g/mol. The normalized spacial score (nSPS) is 12.4. The first kappa shape index (κ1) is 13.8. The molecule has 0 aliphatic carbocycles. The Kier molecular flexibility index (Phi) is 4.57. The lowest BCUT2D eigenvalue weighted by Crippen LogP contribution is -2.00. The van der Waals surface area contributed by atoms with Crippen LogP contribution in [0.5, 0.6) is 0 Å². The molecule has 94 valence electrons. The van der Waals surface area contributed by atoms with E-state index >= 15 is 0 Å². The van der Waals surface area contributed by atoms with Crippen LogP contribution in [0.3, 0.4) is 0 Å². The molecule has 0 amide bonds. The van der Waals surface area contributed by atoms with Crippen molar-refractivity contribution in [3.8, 4) is 0 Å². The maximum absolute atomic E-state index is 4.45. The zero-order valence-corrected chi connectivity index (χ0v) is 13.6. The molecule has 0 saturated carbocycles. The number of aryl methyl sites for hydroxylation is 2. The van der Waals surface area contributed by atoms with Crippen LogP contribution in [0, 0.1) is 13.8 Å². The zero-order valence-electron chi connectivity index (χ0n) is 10.5. The third kappa shape index (κ3) is 3.42. The number of hydrogen-bond donors (Lipinski definition) is 0. The molecule has 0 N–H and O–H groups in total. The highest BCUT2D eigenvalue weighted by molar-refractivity contribution is 9.10. The fourth-order valence-corrected chi connectivity index (χ4v) is 3.07. The van der Waals surface area contributed by atoms with E-state index in [1.54, 1.807) is 0 Å². The average molecular weight is 369 g/mol. The van der Waals surface area contributed by atoms with Gasteiger partial charge in [-0.25, -0.2) is 0 Å². The molecule has 0 bridgehead atoms. The standard InChI is InChI=1S/C15H15Br2N/c1-10-3-6-13(18-9-10)8-15(17)14-7-12(16)5-4-11(14)2/h3-7,9,15H,8H2,1-2H3. The summed E-state index contributed by atoms with van der Waals surface area (Å²) in [4.78, 5) is 4.75. The molecule has 1 atom stereocenters. The largest absolute Gasteiger partial charge is 0.261 e. The van der Waals surface area contributed by atoms with Crippen LogP contribution >= 0.6 is 31.9 Å². The third-order valence-electron chi connectivity index (χ3n) is 2.94. The van der Waals surface area contributed by atoms with E-state index in [2.05, 4.69) is 81.0 Å². The van der Waals surface area contributed by atoms with Crippen molar-refractivity contribution in [3.63, 3.8) is 0 Å². The van der Waals surface area contributed by atoms with Gasteiger partial charge in [-0.2, -0.15) is 0 Å². The summed E-state index contributed by atoms with van der Waals surface area (Å²) in [6.45, 7) is 4.19.